The van der Waals surface area contributed by atoms with Crippen molar-refractivity contribution in [1.29, 1.82) is 0 Å². The van der Waals surface area contributed by atoms with Crippen molar-refractivity contribution >= 4 is 43.2 Å². The van der Waals surface area contributed by atoms with Gasteiger partial charge in [-0.15, -0.1) is 47.3 Å². The summed E-state index contributed by atoms with van der Waals surface area (Å²) >= 11 is 1.69. The topological polar surface area (TPSA) is 30.7 Å². The molecule has 8 aromatic rings. The summed E-state index contributed by atoms with van der Waals surface area (Å²) in [6, 6.07) is 42.1. The SMILES string of the molecule is CC(C)c1cccc(C(C)C)c1-n1c(-c2[c-]sc3c2ccc2ccccc23)nc2ccccc21.[2H]C([2H])([2H])c1ccc(-c2[c-]cccc2)nc1.[Ir]. The number of rotatable bonds is 5. The van der Waals surface area contributed by atoms with E-state index in [1.165, 1.54) is 43.9 Å². The van der Waals surface area contributed by atoms with Gasteiger partial charge in [-0.1, -0.05) is 122 Å². The molecular weight excluding hydrogens is 783 g/mol. The van der Waals surface area contributed by atoms with Crippen LogP contribution >= 0.6 is 11.3 Å². The normalized spacial score (nSPS) is 12.4. The largest absolute Gasteiger partial charge is 0.333 e. The van der Waals surface area contributed by atoms with E-state index >= 15 is 0 Å². The molecule has 0 amide bonds. The van der Waals surface area contributed by atoms with Gasteiger partial charge in [-0.05, 0) is 58.6 Å². The maximum atomic E-state index is 7.23. The summed E-state index contributed by atoms with van der Waals surface area (Å²) in [5, 5.41) is 7.41. The van der Waals surface area contributed by atoms with E-state index in [-0.39, 0.29) is 25.7 Å². The molecule has 3 aromatic heterocycles. The van der Waals surface area contributed by atoms with Crippen molar-refractivity contribution in [2.24, 2.45) is 0 Å². The smallest absolute Gasteiger partial charge is 0.0774 e. The van der Waals surface area contributed by atoms with Gasteiger partial charge >= 0.3 is 0 Å². The molecule has 8 rings (SSSR count). The number of hydrogen-bond acceptors (Lipinski definition) is 3. The number of fused-ring (bicyclic) bond motifs is 4. The Hall–Kier alpha value is -4.41. The van der Waals surface area contributed by atoms with Crippen LogP contribution in [0.4, 0.5) is 0 Å². The van der Waals surface area contributed by atoms with E-state index in [1.54, 1.807) is 29.5 Å². The number of aryl methyl sites for hydroxylation is 1. The standard InChI is InChI=1S/C31H27N2S.C12H10N.Ir/c1-19(2)22-12-9-13-23(20(3)4)29(22)33-28-15-8-7-14-27(28)32-31(33)26-18-34-30-24-11-6-5-10-21(24)16-17-25(26)30;1-10-7-8-12(13-9-10)11-5-3-2-4-6-11;/h5-17,19-20H,1-4H3;2-5,7-9H,1H3;/q2*-1;/i;1D3;. The summed E-state index contributed by atoms with van der Waals surface area (Å²) in [6.07, 6.45) is 1.39. The van der Waals surface area contributed by atoms with Crippen molar-refractivity contribution in [1.82, 2.24) is 14.5 Å². The zero-order valence-electron chi connectivity index (χ0n) is 30.3. The fourth-order valence-electron chi connectivity index (χ4n) is 6.17. The molecule has 0 saturated heterocycles. The van der Waals surface area contributed by atoms with Gasteiger partial charge in [0.25, 0.3) is 0 Å². The van der Waals surface area contributed by atoms with Gasteiger partial charge in [0.05, 0.1) is 16.9 Å². The fourth-order valence-corrected chi connectivity index (χ4v) is 7.15. The van der Waals surface area contributed by atoms with Crippen molar-refractivity contribution in [3.63, 3.8) is 0 Å². The van der Waals surface area contributed by atoms with Crippen molar-refractivity contribution < 1.29 is 24.2 Å². The molecule has 48 heavy (non-hydrogen) atoms. The Bertz CT molecular complexity index is 2400. The number of pyridine rings is 1. The Kier molecular flexibility index (Phi) is 8.90. The van der Waals surface area contributed by atoms with Crippen LogP contribution in [-0.4, -0.2) is 14.5 Å². The van der Waals surface area contributed by atoms with E-state index in [1.807, 2.05) is 18.2 Å². The molecule has 5 aromatic carbocycles. The molecule has 5 heteroatoms. The van der Waals surface area contributed by atoms with Crippen LogP contribution in [0.25, 0.3) is 60.2 Å². The Morgan fingerprint density at radius 2 is 1.50 bits per heavy atom. The molecule has 0 spiro atoms. The number of imidazole rings is 1. The van der Waals surface area contributed by atoms with E-state index in [4.69, 9.17) is 9.10 Å². The number of aromatic nitrogens is 3. The van der Waals surface area contributed by atoms with Crippen molar-refractivity contribution in [2.45, 2.75) is 46.4 Å². The van der Waals surface area contributed by atoms with E-state index in [0.29, 0.717) is 11.8 Å². The number of hydrogen-bond donors (Lipinski definition) is 0. The summed E-state index contributed by atoms with van der Waals surface area (Å²) in [4.78, 5) is 9.33. The van der Waals surface area contributed by atoms with Gasteiger partial charge in [0.1, 0.15) is 0 Å². The van der Waals surface area contributed by atoms with Gasteiger partial charge in [0, 0.05) is 36.1 Å². The molecule has 0 atom stereocenters. The van der Waals surface area contributed by atoms with E-state index in [9.17, 15) is 0 Å². The maximum absolute atomic E-state index is 7.23. The first kappa shape index (κ1) is 29.7. The molecule has 0 N–H and O–H groups in total. The zero-order valence-corrected chi connectivity index (χ0v) is 30.5. The molecule has 3 heterocycles. The zero-order chi connectivity index (χ0) is 35.0. The number of nitrogens with zero attached hydrogens (tertiary/aromatic N) is 3. The van der Waals surface area contributed by atoms with Gasteiger partial charge < -0.3 is 9.55 Å². The van der Waals surface area contributed by atoms with Crippen molar-refractivity contribution in [2.75, 3.05) is 0 Å². The van der Waals surface area contributed by atoms with Gasteiger partial charge in [0.15, 0.2) is 0 Å². The predicted octanol–water partition coefficient (Wildman–Crippen LogP) is 12.0. The fraction of sp³-hybridized carbons (Fsp3) is 0.163. The number of para-hydroxylation sites is 3. The van der Waals surface area contributed by atoms with Crippen LogP contribution < -0.4 is 0 Å². The second-order valence-corrected chi connectivity index (χ2v) is 13.1. The summed E-state index contributed by atoms with van der Waals surface area (Å²) in [5.74, 6) is 1.77. The van der Waals surface area contributed by atoms with Crippen molar-refractivity contribution in [3.8, 4) is 28.3 Å². The first-order chi connectivity index (χ1) is 24.1. The average Bonchev–Trinajstić information content (AvgIpc) is 3.73. The molecule has 0 unspecified atom stereocenters. The molecule has 0 bridgehead atoms. The van der Waals surface area contributed by atoms with Crippen LogP contribution in [0.5, 0.6) is 0 Å². The molecule has 0 fully saturated rings. The number of benzene rings is 5. The minimum absolute atomic E-state index is 0. The van der Waals surface area contributed by atoms with Gasteiger partial charge in [-0.3, -0.25) is 16.3 Å². The number of thiophene rings is 1. The minimum atomic E-state index is -2.09. The first-order valence-corrected chi connectivity index (χ1v) is 16.8. The van der Waals surface area contributed by atoms with Crippen LogP contribution in [0.15, 0.2) is 121 Å². The third-order valence-electron chi connectivity index (χ3n) is 8.50. The third kappa shape index (κ3) is 6.39. The molecule has 241 valence electrons. The molecule has 0 aliphatic heterocycles. The minimum Gasteiger partial charge on any atom is -0.333 e. The Labute approximate surface area is 304 Å². The molecule has 1 radical (unpaired) electrons. The van der Waals surface area contributed by atoms with E-state index < -0.39 is 6.85 Å². The van der Waals surface area contributed by atoms with Gasteiger partial charge in [-0.25, -0.2) is 0 Å². The van der Waals surface area contributed by atoms with Crippen LogP contribution in [0, 0.1) is 18.3 Å². The summed E-state index contributed by atoms with van der Waals surface area (Å²) in [7, 11) is 0. The van der Waals surface area contributed by atoms with Crippen LogP contribution in [0.3, 0.4) is 0 Å². The molecule has 3 nitrogen and oxygen atoms in total. The summed E-state index contributed by atoms with van der Waals surface area (Å²) < 4.78 is 25.4. The van der Waals surface area contributed by atoms with Crippen LogP contribution in [-0.2, 0) is 20.1 Å². The van der Waals surface area contributed by atoms with Crippen molar-refractivity contribution in [3.05, 3.63) is 150 Å². The monoisotopic (exact) mass is 823 g/mol. The van der Waals surface area contributed by atoms with Crippen LogP contribution in [0.2, 0.25) is 0 Å². The molecular formula is C43H37IrN3S-2. The second-order valence-electron chi connectivity index (χ2n) is 12.3. The van der Waals surface area contributed by atoms with Gasteiger partial charge in [-0.2, -0.15) is 0 Å². The Morgan fingerprint density at radius 1 is 0.750 bits per heavy atom. The predicted molar refractivity (Wildman–Crippen MR) is 200 cm³/mol. The van der Waals surface area contributed by atoms with Crippen LogP contribution in [0.1, 0.15) is 60.3 Å². The molecule has 0 saturated carbocycles. The third-order valence-corrected chi connectivity index (χ3v) is 9.45. The second kappa shape index (κ2) is 14.4. The van der Waals surface area contributed by atoms with E-state index in [2.05, 4.69) is 128 Å². The average molecular weight is 823 g/mol. The Morgan fingerprint density at radius 3 is 2.21 bits per heavy atom. The maximum Gasteiger partial charge on any atom is 0.0774 e. The summed E-state index contributed by atoms with van der Waals surface area (Å²) in [5.41, 5.74) is 9.04. The Balaban J connectivity index is 0.000000222. The summed E-state index contributed by atoms with van der Waals surface area (Å²) in [6.45, 7) is 7.02. The first-order valence-electron chi connectivity index (χ1n) is 17.5. The molecule has 0 aliphatic carbocycles. The van der Waals surface area contributed by atoms with Gasteiger partial charge in [0.2, 0.25) is 0 Å². The van der Waals surface area contributed by atoms with E-state index in [0.717, 1.165) is 33.7 Å². The quantitative estimate of drug-likeness (QED) is 0.162. The molecule has 0 aliphatic rings.